The van der Waals surface area contributed by atoms with Crippen LogP contribution in [0.4, 0.5) is 5.82 Å². The number of fused-ring (bicyclic) bond motifs is 1. The first-order valence-corrected chi connectivity index (χ1v) is 9.11. The molecule has 0 saturated heterocycles. The maximum Gasteiger partial charge on any atom is 0.323 e. The SMILES string of the molecule is COc1ccc2c(c1Cl)S(=O)N(c1ccnc(Oc3cccnc3)n1)C2. The highest BCUT2D eigenvalue weighted by Gasteiger charge is 2.32. The minimum atomic E-state index is -1.50. The molecule has 0 radical (unpaired) electrons. The van der Waals surface area contributed by atoms with E-state index in [4.69, 9.17) is 21.1 Å². The maximum absolute atomic E-state index is 12.9. The molecule has 0 spiro atoms. The first kappa shape index (κ1) is 16.7. The van der Waals surface area contributed by atoms with Crippen molar-refractivity contribution < 1.29 is 13.7 Å². The molecule has 0 aliphatic carbocycles. The summed E-state index contributed by atoms with van der Waals surface area (Å²) in [5.41, 5.74) is 0.863. The van der Waals surface area contributed by atoms with Crippen molar-refractivity contribution in [3.8, 4) is 17.5 Å². The molecule has 1 aromatic carbocycles. The fourth-order valence-electron chi connectivity index (χ4n) is 2.57. The van der Waals surface area contributed by atoms with Crippen LogP contribution in [0.2, 0.25) is 5.02 Å². The Bertz CT molecular complexity index is 987. The maximum atomic E-state index is 12.9. The molecular weight excluding hydrogens is 376 g/mol. The third-order valence-corrected chi connectivity index (χ3v) is 5.79. The largest absolute Gasteiger partial charge is 0.495 e. The smallest absolute Gasteiger partial charge is 0.323 e. The summed E-state index contributed by atoms with van der Waals surface area (Å²) in [4.78, 5) is 13.0. The number of hydrogen-bond donors (Lipinski definition) is 0. The van der Waals surface area contributed by atoms with Gasteiger partial charge in [0.15, 0.2) is 11.0 Å². The van der Waals surface area contributed by atoms with Crippen molar-refractivity contribution in [2.45, 2.75) is 11.4 Å². The molecule has 1 atom stereocenters. The van der Waals surface area contributed by atoms with Crippen LogP contribution in [0.3, 0.4) is 0 Å². The van der Waals surface area contributed by atoms with Gasteiger partial charge >= 0.3 is 6.01 Å². The van der Waals surface area contributed by atoms with Crippen molar-refractivity contribution in [2.24, 2.45) is 0 Å². The molecule has 0 saturated carbocycles. The standard InChI is InChI=1S/C17H13ClN4O3S/c1-24-13-5-4-11-10-22(26(23)16(11)15(13)18)14-6-8-20-17(21-14)25-12-3-2-7-19-9-12/h2-9H,10H2,1H3. The second kappa shape index (κ2) is 6.89. The van der Waals surface area contributed by atoms with Crippen LogP contribution in [0, 0.1) is 0 Å². The highest BCUT2D eigenvalue weighted by Crippen LogP contribution is 2.40. The summed E-state index contributed by atoms with van der Waals surface area (Å²) in [5, 5.41) is 0.353. The normalized spacial score (nSPS) is 15.6. The van der Waals surface area contributed by atoms with Gasteiger partial charge < -0.3 is 9.47 Å². The van der Waals surface area contributed by atoms with E-state index >= 15 is 0 Å². The van der Waals surface area contributed by atoms with Gasteiger partial charge in [0.05, 0.1) is 24.7 Å². The molecule has 2 aromatic heterocycles. The molecule has 0 bridgehead atoms. The summed E-state index contributed by atoms with van der Waals surface area (Å²) in [6.45, 7) is 0.412. The van der Waals surface area contributed by atoms with Gasteiger partial charge in [0.25, 0.3) is 0 Å². The molecule has 132 valence electrons. The number of nitrogens with zero attached hydrogens (tertiary/aromatic N) is 4. The highest BCUT2D eigenvalue weighted by atomic mass is 35.5. The van der Waals surface area contributed by atoms with Crippen molar-refractivity contribution in [3.63, 3.8) is 0 Å². The van der Waals surface area contributed by atoms with E-state index in [1.165, 1.54) is 7.11 Å². The van der Waals surface area contributed by atoms with Crippen LogP contribution in [0.1, 0.15) is 5.56 Å². The van der Waals surface area contributed by atoms with Gasteiger partial charge in [0.2, 0.25) is 0 Å². The summed E-state index contributed by atoms with van der Waals surface area (Å²) in [5.74, 6) is 1.48. The lowest BCUT2D eigenvalue weighted by Crippen LogP contribution is -2.19. The van der Waals surface area contributed by atoms with Crippen molar-refractivity contribution in [3.05, 3.63) is 59.5 Å². The molecule has 9 heteroatoms. The Labute approximate surface area is 157 Å². The number of hydrogen-bond acceptors (Lipinski definition) is 6. The highest BCUT2D eigenvalue weighted by molar-refractivity contribution is 7.87. The molecule has 0 amide bonds. The molecule has 0 N–H and O–H groups in total. The molecular formula is C17H13ClN4O3S. The summed E-state index contributed by atoms with van der Waals surface area (Å²) in [6, 6.07) is 8.93. The molecule has 3 heterocycles. The second-order valence-corrected chi connectivity index (χ2v) is 7.07. The van der Waals surface area contributed by atoms with Crippen LogP contribution in [-0.4, -0.2) is 26.3 Å². The summed E-state index contributed by atoms with van der Waals surface area (Å²) in [6.07, 6.45) is 4.76. The van der Waals surface area contributed by atoms with Crippen LogP contribution in [0.25, 0.3) is 0 Å². The fraction of sp³-hybridized carbons (Fsp3) is 0.118. The summed E-state index contributed by atoms with van der Waals surface area (Å²) >= 11 is 6.33. The molecule has 1 unspecified atom stereocenters. The zero-order valence-electron chi connectivity index (χ0n) is 13.6. The predicted molar refractivity (Wildman–Crippen MR) is 96.9 cm³/mol. The summed E-state index contributed by atoms with van der Waals surface area (Å²) < 4.78 is 25.4. The molecule has 4 rings (SSSR count). The van der Waals surface area contributed by atoms with E-state index < -0.39 is 11.0 Å². The first-order chi connectivity index (χ1) is 12.7. The van der Waals surface area contributed by atoms with Gasteiger partial charge in [-0.05, 0) is 23.8 Å². The van der Waals surface area contributed by atoms with Crippen molar-refractivity contribution in [1.29, 1.82) is 0 Å². The Morgan fingerprint density at radius 1 is 1.23 bits per heavy atom. The van der Waals surface area contributed by atoms with Crippen molar-refractivity contribution in [2.75, 3.05) is 11.4 Å². The lowest BCUT2D eigenvalue weighted by atomic mass is 10.2. The van der Waals surface area contributed by atoms with E-state index in [0.29, 0.717) is 33.8 Å². The van der Waals surface area contributed by atoms with E-state index in [9.17, 15) is 4.21 Å². The van der Waals surface area contributed by atoms with Crippen LogP contribution >= 0.6 is 11.6 Å². The molecule has 0 fully saturated rings. The molecule has 7 nitrogen and oxygen atoms in total. The van der Waals surface area contributed by atoms with Gasteiger partial charge in [0, 0.05) is 18.5 Å². The number of methoxy groups -OCH3 is 1. The van der Waals surface area contributed by atoms with Gasteiger partial charge in [0.1, 0.15) is 22.3 Å². The lowest BCUT2D eigenvalue weighted by Gasteiger charge is -2.15. The minimum Gasteiger partial charge on any atom is -0.495 e. The van der Waals surface area contributed by atoms with Gasteiger partial charge in [-0.1, -0.05) is 17.7 Å². The van der Waals surface area contributed by atoms with Gasteiger partial charge in [-0.3, -0.25) is 9.29 Å². The number of rotatable bonds is 4. The Balaban J connectivity index is 1.64. The third-order valence-electron chi connectivity index (χ3n) is 3.77. The number of anilines is 1. The number of benzene rings is 1. The van der Waals surface area contributed by atoms with Crippen LogP contribution < -0.4 is 13.8 Å². The Hall–Kier alpha value is -2.71. The number of pyridine rings is 1. The average molecular weight is 389 g/mol. The number of halogens is 1. The van der Waals surface area contributed by atoms with Crippen LogP contribution in [0.5, 0.6) is 17.5 Å². The molecule has 26 heavy (non-hydrogen) atoms. The van der Waals surface area contributed by atoms with E-state index in [-0.39, 0.29) is 6.01 Å². The average Bonchev–Trinajstić information content (AvgIpc) is 3.01. The number of aromatic nitrogens is 3. The zero-order valence-corrected chi connectivity index (χ0v) is 15.2. The fourth-order valence-corrected chi connectivity index (χ4v) is 4.39. The second-order valence-electron chi connectivity index (χ2n) is 5.34. The Morgan fingerprint density at radius 3 is 2.88 bits per heavy atom. The molecule has 3 aromatic rings. The van der Waals surface area contributed by atoms with Gasteiger partial charge in [-0.15, -0.1) is 0 Å². The van der Waals surface area contributed by atoms with Crippen LogP contribution in [0.15, 0.2) is 53.8 Å². The summed E-state index contributed by atoms with van der Waals surface area (Å²) in [7, 11) is 0.0220. The first-order valence-electron chi connectivity index (χ1n) is 7.63. The van der Waals surface area contributed by atoms with Crippen LogP contribution in [-0.2, 0) is 17.5 Å². The molecule has 1 aliphatic rings. The Kier molecular flexibility index (Phi) is 4.44. The predicted octanol–water partition coefficient (Wildman–Crippen LogP) is 3.37. The van der Waals surface area contributed by atoms with Crippen molar-refractivity contribution >= 4 is 28.4 Å². The Morgan fingerprint density at radius 2 is 2.12 bits per heavy atom. The molecule has 1 aliphatic heterocycles. The van der Waals surface area contributed by atoms with E-state index in [1.54, 1.807) is 47.2 Å². The monoisotopic (exact) mass is 388 g/mol. The lowest BCUT2D eigenvalue weighted by molar-refractivity contribution is 0.413. The zero-order chi connectivity index (χ0) is 18.1. The van der Waals surface area contributed by atoms with E-state index in [2.05, 4.69) is 15.0 Å². The minimum absolute atomic E-state index is 0.145. The quantitative estimate of drug-likeness (QED) is 0.682. The van der Waals surface area contributed by atoms with E-state index in [0.717, 1.165) is 5.56 Å². The van der Waals surface area contributed by atoms with Gasteiger partial charge in [-0.2, -0.15) is 4.98 Å². The third kappa shape index (κ3) is 2.97. The van der Waals surface area contributed by atoms with Gasteiger partial charge in [-0.25, -0.2) is 9.19 Å². The number of ether oxygens (including phenoxy) is 2. The van der Waals surface area contributed by atoms with Crippen molar-refractivity contribution in [1.82, 2.24) is 15.0 Å². The van der Waals surface area contributed by atoms with E-state index in [1.807, 2.05) is 6.07 Å². The topological polar surface area (TPSA) is 77.4 Å².